The van der Waals surface area contributed by atoms with Gasteiger partial charge in [-0.1, -0.05) is 178 Å². The van der Waals surface area contributed by atoms with Crippen molar-refractivity contribution in [3.8, 4) is 33.4 Å². The fraction of sp³-hybridized carbons (Fsp3) is 0.0492. The predicted octanol–water partition coefficient (Wildman–Crippen LogP) is 17.2. The van der Waals surface area contributed by atoms with Crippen molar-refractivity contribution in [2.24, 2.45) is 0 Å². The Balaban J connectivity index is 0.968. The molecule has 0 bridgehead atoms. The summed E-state index contributed by atoms with van der Waals surface area (Å²) in [5.74, 6) is 0. The van der Waals surface area contributed by atoms with E-state index in [0.29, 0.717) is 0 Å². The van der Waals surface area contributed by atoms with Gasteiger partial charge in [-0.3, -0.25) is 0 Å². The summed E-state index contributed by atoms with van der Waals surface area (Å²) in [6, 6.07) is 81.9. The maximum Gasteiger partial charge on any atom is 0.0465 e. The zero-order valence-electron chi connectivity index (χ0n) is 35.5. The summed E-state index contributed by atoms with van der Waals surface area (Å²) in [7, 11) is 0. The molecule has 0 aromatic heterocycles. The number of hydrogen-bond acceptors (Lipinski definition) is 2. The Labute approximate surface area is 370 Å². The molecule has 0 aliphatic heterocycles. The molecule has 10 aromatic rings. The standard InChI is InChI=1S/C61H46N2/c1-4-42-24-30-48(31-25-42)63(50-34-28-46(29-35-50)56-23-13-17-44-15-9-11-21-54(44)56)52-37-39-58-57-38-36-51(40-59(57)61(2,3)60(58)41-52)62(47-18-6-5-7-19-47)49-32-26-45(27-33-49)55-22-12-16-43-14-8-10-20-53(43)55/h4-41H,1H2,2-3H3. The molecule has 0 N–H and O–H groups in total. The van der Waals surface area contributed by atoms with Gasteiger partial charge in [0.15, 0.2) is 0 Å². The van der Waals surface area contributed by atoms with Crippen LogP contribution in [0, 0.1) is 0 Å². The minimum atomic E-state index is -0.256. The third kappa shape index (κ3) is 6.68. The Bertz CT molecular complexity index is 3300. The molecular formula is C61H46N2. The van der Waals surface area contributed by atoms with E-state index >= 15 is 0 Å². The highest BCUT2D eigenvalue weighted by atomic mass is 15.1. The second-order valence-corrected chi connectivity index (χ2v) is 17.0. The Kier molecular flexibility index (Phi) is 9.36. The fourth-order valence-electron chi connectivity index (χ4n) is 9.76. The normalized spacial score (nSPS) is 12.5. The summed E-state index contributed by atoms with van der Waals surface area (Å²) < 4.78 is 0. The monoisotopic (exact) mass is 806 g/mol. The first-order chi connectivity index (χ1) is 30.9. The Morgan fingerprint density at radius 2 is 0.730 bits per heavy atom. The van der Waals surface area contributed by atoms with Crippen molar-refractivity contribution in [2.75, 3.05) is 9.80 Å². The maximum absolute atomic E-state index is 4.02. The molecule has 2 nitrogen and oxygen atoms in total. The number of anilines is 6. The molecule has 63 heavy (non-hydrogen) atoms. The number of benzene rings is 10. The maximum atomic E-state index is 4.02. The van der Waals surface area contributed by atoms with E-state index in [1.54, 1.807) is 0 Å². The van der Waals surface area contributed by atoms with Crippen LogP contribution in [-0.4, -0.2) is 0 Å². The third-order valence-corrected chi connectivity index (χ3v) is 13.0. The van der Waals surface area contributed by atoms with Crippen molar-refractivity contribution in [1.29, 1.82) is 0 Å². The molecule has 1 aliphatic carbocycles. The number of hydrogen-bond donors (Lipinski definition) is 0. The Morgan fingerprint density at radius 3 is 1.19 bits per heavy atom. The van der Waals surface area contributed by atoms with Crippen LogP contribution in [0.2, 0.25) is 0 Å². The van der Waals surface area contributed by atoms with Gasteiger partial charge in [0.25, 0.3) is 0 Å². The molecule has 300 valence electrons. The zero-order valence-corrected chi connectivity index (χ0v) is 35.5. The molecule has 0 saturated heterocycles. The summed E-state index contributed by atoms with van der Waals surface area (Å²) in [5.41, 5.74) is 17.6. The van der Waals surface area contributed by atoms with Crippen molar-refractivity contribution in [3.05, 3.63) is 248 Å². The van der Waals surface area contributed by atoms with Crippen LogP contribution in [0.25, 0.3) is 61.0 Å². The van der Waals surface area contributed by atoms with Gasteiger partial charge < -0.3 is 9.80 Å². The van der Waals surface area contributed by atoms with Crippen molar-refractivity contribution in [1.82, 2.24) is 0 Å². The Hall–Kier alpha value is -7.94. The fourth-order valence-corrected chi connectivity index (χ4v) is 9.76. The number of nitrogens with zero attached hydrogens (tertiary/aromatic N) is 2. The van der Waals surface area contributed by atoms with E-state index in [9.17, 15) is 0 Å². The lowest BCUT2D eigenvalue weighted by molar-refractivity contribution is 0.660. The van der Waals surface area contributed by atoms with Crippen LogP contribution < -0.4 is 9.80 Å². The topological polar surface area (TPSA) is 6.48 Å². The third-order valence-electron chi connectivity index (χ3n) is 13.0. The summed E-state index contributed by atoms with van der Waals surface area (Å²) in [5, 5.41) is 5.02. The Morgan fingerprint density at radius 1 is 0.349 bits per heavy atom. The summed E-state index contributed by atoms with van der Waals surface area (Å²) in [6.07, 6.45) is 1.90. The molecule has 0 saturated carbocycles. The highest BCUT2D eigenvalue weighted by molar-refractivity contribution is 5.98. The van der Waals surface area contributed by atoms with Crippen LogP contribution in [0.4, 0.5) is 34.1 Å². The quantitative estimate of drug-likeness (QED) is 0.143. The first kappa shape index (κ1) is 38.0. The van der Waals surface area contributed by atoms with Crippen molar-refractivity contribution in [2.45, 2.75) is 19.3 Å². The predicted molar refractivity (Wildman–Crippen MR) is 269 cm³/mol. The summed E-state index contributed by atoms with van der Waals surface area (Å²) in [6.45, 7) is 8.76. The van der Waals surface area contributed by atoms with Gasteiger partial charge in [-0.15, -0.1) is 0 Å². The van der Waals surface area contributed by atoms with Gasteiger partial charge in [-0.05, 0) is 144 Å². The lowest BCUT2D eigenvalue weighted by Crippen LogP contribution is -2.17. The number of para-hydroxylation sites is 1. The highest BCUT2D eigenvalue weighted by Crippen LogP contribution is 2.52. The average molecular weight is 807 g/mol. The number of rotatable bonds is 9. The second kappa shape index (κ2) is 15.5. The van der Waals surface area contributed by atoms with E-state index in [1.807, 2.05) is 6.08 Å². The van der Waals surface area contributed by atoms with E-state index in [0.717, 1.165) is 39.7 Å². The molecule has 2 heteroatoms. The SMILES string of the molecule is C=Cc1ccc(N(c2ccc(-c3cccc4ccccc34)cc2)c2ccc3c(c2)C(C)(C)c2cc(N(c4ccccc4)c4ccc(-c5cccc6ccccc56)cc4)ccc2-3)cc1. The smallest absolute Gasteiger partial charge is 0.0465 e. The minimum Gasteiger partial charge on any atom is -0.310 e. The first-order valence-corrected chi connectivity index (χ1v) is 21.8. The molecule has 0 atom stereocenters. The molecular weight excluding hydrogens is 761 g/mol. The van der Waals surface area contributed by atoms with Gasteiger partial charge in [-0.25, -0.2) is 0 Å². The lowest BCUT2D eigenvalue weighted by atomic mass is 9.82. The van der Waals surface area contributed by atoms with Gasteiger partial charge in [-0.2, -0.15) is 0 Å². The molecule has 11 rings (SSSR count). The molecule has 0 spiro atoms. The van der Waals surface area contributed by atoms with E-state index in [4.69, 9.17) is 0 Å². The molecule has 0 heterocycles. The van der Waals surface area contributed by atoms with Gasteiger partial charge in [0.05, 0.1) is 0 Å². The van der Waals surface area contributed by atoms with Crippen LogP contribution in [-0.2, 0) is 5.41 Å². The van der Waals surface area contributed by atoms with Crippen LogP contribution in [0.1, 0.15) is 30.5 Å². The molecule has 0 unspecified atom stereocenters. The number of fused-ring (bicyclic) bond motifs is 5. The molecule has 0 amide bonds. The van der Waals surface area contributed by atoms with Crippen LogP contribution in [0.3, 0.4) is 0 Å². The first-order valence-electron chi connectivity index (χ1n) is 21.8. The largest absolute Gasteiger partial charge is 0.310 e. The van der Waals surface area contributed by atoms with Gasteiger partial charge in [0, 0.05) is 39.5 Å². The molecule has 0 fully saturated rings. The van der Waals surface area contributed by atoms with E-state index in [-0.39, 0.29) is 5.41 Å². The van der Waals surface area contributed by atoms with Gasteiger partial charge in [0.2, 0.25) is 0 Å². The van der Waals surface area contributed by atoms with E-state index < -0.39 is 0 Å². The minimum absolute atomic E-state index is 0.256. The highest BCUT2D eigenvalue weighted by Gasteiger charge is 2.37. The molecule has 10 aromatic carbocycles. The van der Waals surface area contributed by atoms with Gasteiger partial charge >= 0.3 is 0 Å². The molecule has 1 aliphatic rings. The second-order valence-electron chi connectivity index (χ2n) is 17.0. The van der Waals surface area contributed by atoms with Crippen LogP contribution >= 0.6 is 0 Å². The van der Waals surface area contributed by atoms with E-state index in [2.05, 4.69) is 255 Å². The van der Waals surface area contributed by atoms with Gasteiger partial charge in [0.1, 0.15) is 0 Å². The average Bonchev–Trinajstić information content (AvgIpc) is 3.57. The summed E-state index contributed by atoms with van der Waals surface area (Å²) in [4.78, 5) is 4.76. The van der Waals surface area contributed by atoms with E-state index in [1.165, 1.54) is 66.1 Å². The van der Waals surface area contributed by atoms with Crippen molar-refractivity contribution >= 4 is 61.7 Å². The van der Waals surface area contributed by atoms with Crippen molar-refractivity contribution < 1.29 is 0 Å². The lowest BCUT2D eigenvalue weighted by Gasteiger charge is -2.29. The molecule has 0 radical (unpaired) electrons. The van der Waals surface area contributed by atoms with Crippen LogP contribution in [0.5, 0.6) is 0 Å². The summed E-state index contributed by atoms with van der Waals surface area (Å²) >= 11 is 0. The van der Waals surface area contributed by atoms with Crippen molar-refractivity contribution in [3.63, 3.8) is 0 Å². The van der Waals surface area contributed by atoms with Crippen LogP contribution in [0.15, 0.2) is 231 Å². The zero-order chi connectivity index (χ0) is 42.5.